The zero-order valence-electron chi connectivity index (χ0n) is 18.3. The molecule has 2 amide bonds. The van der Waals surface area contributed by atoms with Gasteiger partial charge in [-0.2, -0.15) is 0 Å². The highest BCUT2D eigenvalue weighted by Crippen LogP contribution is 2.29. The molecule has 162 valence electrons. The zero-order valence-corrected chi connectivity index (χ0v) is 18.3. The minimum atomic E-state index is -0.289. The van der Waals surface area contributed by atoms with Crippen molar-refractivity contribution in [3.05, 3.63) is 17.8 Å². The van der Waals surface area contributed by atoms with E-state index in [9.17, 15) is 9.59 Å². The van der Waals surface area contributed by atoms with Gasteiger partial charge >= 0.3 is 0 Å². The summed E-state index contributed by atoms with van der Waals surface area (Å²) < 4.78 is 5.69. The number of nitrogens with one attached hydrogen (secondary N) is 1. The molecule has 2 aliphatic rings. The molecule has 29 heavy (non-hydrogen) atoms. The molecule has 2 atom stereocenters. The molecule has 1 saturated carbocycles. The van der Waals surface area contributed by atoms with Crippen molar-refractivity contribution in [3.8, 4) is 0 Å². The summed E-state index contributed by atoms with van der Waals surface area (Å²) in [6, 6.07) is 0.0755. The molecule has 0 bridgehead atoms. The average molecular weight is 405 g/mol. The third kappa shape index (κ3) is 5.59. The molecule has 0 radical (unpaired) electrons. The number of rotatable bonds is 7. The third-order valence-electron chi connectivity index (χ3n) is 6.20. The molecule has 0 unspecified atom stereocenters. The fraction of sp³-hybridized carbons (Fsp3) is 0.773. The molecule has 1 N–H and O–H groups in total. The monoisotopic (exact) mass is 404 g/mol. The lowest BCUT2D eigenvalue weighted by Crippen LogP contribution is -2.42. The van der Waals surface area contributed by atoms with Gasteiger partial charge in [0.15, 0.2) is 5.69 Å². The number of carbonyl (C=O) groups excluding carboxylic acids is 2. The maximum atomic E-state index is 13.1. The standard InChI is InChI=1S/C22H36N4O3/c1-15(2)12-18(23-20(27)16-8-7-9-16)21-24-19(14-29-21)22(28)26-11-6-5-10-17(13-26)25(3)4/h14-18H,5-13H2,1-4H3,(H,23,27)/t17-,18+/m0/s1. The van der Waals surface area contributed by atoms with E-state index in [0.29, 0.717) is 30.1 Å². The van der Waals surface area contributed by atoms with Crippen LogP contribution in [0.5, 0.6) is 0 Å². The van der Waals surface area contributed by atoms with E-state index in [4.69, 9.17) is 4.42 Å². The van der Waals surface area contributed by atoms with Crippen molar-refractivity contribution in [2.45, 2.75) is 70.9 Å². The second-order valence-electron chi connectivity index (χ2n) is 9.25. The van der Waals surface area contributed by atoms with E-state index in [-0.39, 0.29) is 23.8 Å². The molecule has 1 aromatic rings. The molecule has 1 aliphatic carbocycles. The zero-order chi connectivity index (χ0) is 21.0. The number of amides is 2. The Balaban J connectivity index is 1.70. The lowest BCUT2D eigenvalue weighted by Gasteiger charge is -2.28. The van der Waals surface area contributed by atoms with Crippen molar-refractivity contribution in [3.63, 3.8) is 0 Å². The Bertz CT molecular complexity index is 696. The van der Waals surface area contributed by atoms with Crippen LogP contribution in [0.4, 0.5) is 0 Å². The third-order valence-corrected chi connectivity index (χ3v) is 6.20. The van der Waals surface area contributed by atoms with Crippen molar-refractivity contribution < 1.29 is 14.0 Å². The molecule has 1 aliphatic heterocycles. The molecule has 1 aromatic heterocycles. The van der Waals surface area contributed by atoms with Gasteiger partial charge in [-0.05, 0) is 52.1 Å². The molecule has 0 aromatic carbocycles. The van der Waals surface area contributed by atoms with Gasteiger partial charge in [0.1, 0.15) is 12.3 Å². The van der Waals surface area contributed by atoms with Gasteiger partial charge in [-0.3, -0.25) is 9.59 Å². The molecule has 7 heteroatoms. The van der Waals surface area contributed by atoms with Crippen LogP contribution in [-0.2, 0) is 4.79 Å². The Morgan fingerprint density at radius 1 is 1.24 bits per heavy atom. The van der Waals surface area contributed by atoms with E-state index in [1.165, 1.54) is 6.26 Å². The predicted molar refractivity (Wildman–Crippen MR) is 111 cm³/mol. The highest BCUT2D eigenvalue weighted by Gasteiger charge is 2.31. The fourth-order valence-corrected chi connectivity index (χ4v) is 4.09. The second-order valence-corrected chi connectivity index (χ2v) is 9.25. The van der Waals surface area contributed by atoms with Gasteiger partial charge in [-0.1, -0.05) is 26.7 Å². The van der Waals surface area contributed by atoms with Crippen LogP contribution >= 0.6 is 0 Å². The van der Waals surface area contributed by atoms with Crippen molar-refractivity contribution in [1.29, 1.82) is 0 Å². The van der Waals surface area contributed by atoms with E-state index in [1.54, 1.807) is 0 Å². The Hall–Kier alpha value is -1.89. The highest BCUT2D eigenvalue weighted by molar-refractivity contribution is 5.92. The number of likely N-dealkylation sites (tertiary alicyclic amines) is 1. The van der Waals surface area contributed by atoms with Crippen LogP contribution in [0.1, 0.15) is 81.2 Å². The van der Waals surface area contributed by atoms with E-state index in [1.807, 2.05) is 4.90 Å². The Morgan fingerprint density at radius 3 is 2.62 bits per heavy atom. The SMILES string of the molecule is CC(C)C[C@@H](NC(=O)C1CCC1)c1nc(C(=O)N2CCCC[C@H](N(C)C)C2)co1. The van der Waals surface area contributed by atoms with Crippen LogP contribution in [0, 0.1) is 11.8 Å². The number of aromatic nitrogens is 1. The predicted octanol–water partition coefficient (Wildman–Crippen LogP) is 3.23. The van der Waals surface area contributed by atoms with Crippen LogP contribution in [0.15, 0.2) is 10.7 Å². The maximum absolute atomic E-state index is 13.1. The van der Waals surface area contributed by atoms with Gasteiger partial charge in [0.25, 0.3) is 5.91 Å². The average Bonchev–Trinajstić information content (AvgIpc) is 2.96. The lowest BCUT2D eigenvalue weighted by atomic mass is 9.84. The number of likely N-dealkylation sites (N-methyl/N-ethyl adjacent to an activating group) is 1. The molecule has 2 fully saturated rings. The van der Waals surface area contributed by atoms with E-state index in [0.717, 1.165) is 51.5 Å². The first-order chi connectivity index (χ1) is 13.8. The summed E-state index contributed by atoms with van der Waals surface area (Å²) >= 11 is 0. The van der Waals surface area contributed by atoms with Crippen LogP contribution in [0.2, 0.25) is 0 Å². The van der Waals surface area contributed by atoms with Crippen LogP contribution in [-0.4, -0.2) is 59.8 Å². The van der Waals surface area contributed by atoms with Crippen LogP contribution in [0.25, 0.3) is 0 Å². The van der Waals surface area contributed by atoms with E-state index >= 15 is 0 Å². The van der Waals surface area contributed by atoms with Crippen LogP contribution in [0.3, 0.4) is 0 Å². The summed E-state index contributed by atoms with van der Waals surface area (Å²) in [5, 5.41) is 3.10. The van der Waals surface area contributed by atoms with Gasteiger partial charge in [-0.25, -0.2) is 4.98 Å². The van der Waals surface area contributed by atoms with Crippen LogP contribution < -0.4 is 5.32 Å². The molecule has 1 saturated heterocycles. The molecule has 3 rings (SSSR count). The molecular formula is C22H36N4O3. The first kappa shape index (κ1) is 21.8. The minimum Gasteiger partial charge on any atom is -0.446 e. The maximum Gasteiger partial charge on any atom is 0.275 e. The number of carbonyl (C=O) groups is 2. The summed E-state index contributed by atoms with van der Waals surface area (Å²) in [7, 11) is 4.13. The van der Waals surface area contributed by atoms with Gasteiger partial charge in [0.05, 0.1) is 0 Å². The fourth-order valence-electron chi connectivity index (χ4n) is 4.09. The van der Waals surface area contributed by atoms with E-state index < -0.39 is 0 Å². The number of nitrogens with zero attached hydrogens (tertiary/aromatic N) is 3. The Kier molecular flexibility index (Phi) is 7.33. The number of oxazole rings is 1. The van der Waals surface area contributed by atoms with Crippen molar-refractivity contribution in [2.75, 3.05) is 27.2 Å². The molecule has 2 heterocycles. The number of hydrogen-bond acceptors (Lipinski definition) is 5. The first-order valence-corrected chi connectivity index (χ1v) is 11.1. The molecule has 7 nitrogen and oxygen atoms in total. The Morgan fingerprint density at radius 2 is 2.00 bits per heavy atom. The van der Waals surface area contributed by atoms with Gasteiger partial charge in [-0.15, -0.1) is 0 Å². The summed E-state index contributed by atoms with van der Waals surface area (Å²) in [5.41, 5.74) is 0.339. The van der Waals surface area contributed by atoms with Gasteiger partial charge in [0.2, 0.25) is 11.8 Å². The van der Waals surface area contributed by atoms with Gasteiger partial charge < -0.3 is 19.5 Å². The minimum absolute atomic E-state index is 0.0781. The highest BCUT2D eigenvalue weighted by atomic mass is 16.3. The molecular weight excluding hydrogens is 368 g/mol. The summed E-state index contributed by atoms with van der Waals surface area (Å²) in [6.45, 7) is 5.67. The first-order valence-electron chi connectivity index (χ1n) is 11.1. The quantitative estimate of drug-likeness (QED) is 0.755. The topological polar surface area (TPSA) is 78.7 Å². The summed E-state index contributed by atoms with van der Waals surface area (Å²) in [5.74, 6) is 0.922. The van der Waals surface area contributed by atoms with Crippen molar-refractivity contribution in [1.82, 2.24) is 20.1 Å². The second kappa shape index (κ2) is 9.74. The molecule has 0 spiro atoms. The number of hydrogen-bond donors (Lipinski definition) is 1. The van der Waals surface area contributed by atoms with E-state index in [2.05, 4.69) is 43.1 Å². The Labute approximate surface area is 174 Å². The van der Waals surface area contributed by atoms with Gasteiger partial charge in [0, 0.05) is 25.0 Å². The normalized spacial score (nSPS) is 21.7. The summed E-state index contributed by atoms with van der Waals surface area (Å²) in [4.78, 5) is 34.1. The largest absolute Gasteiger partial charge is 0.446 e. The van der Waals surface area contributed by atoms with Crippen molar-refractivity contribution >= 4 is 11.8 Å². The van der Waals surface area contributed by atoms with Crippen molar-refractivity contribution in [2.24, 2.45) is 11.8 Å². The lowest BCUT2D eigenvalue weighted by molar-refractivity contribution is -0.128. The summed E-state index contributed by atoms with van der Waals surface area (Å²) in [6.07, 6.45) is 8.46. The smallest absolute Gasteiger partial charge is 0.275 e.